The van der Waals surface area contributed by atoms with Crippen LogP contribution in [-0.2, 0) is 29.0 Å². The molecule has 2 N–H and O–H groups in total. The first-order chi connectivity index (χ1) is 8.15. The largest absolute Gasteiger partial charge is 0.478 e. The molecule has 0 unspecified atom stereocenters. The highest BCUT2D eigenvalue weighted by molar-refractivity contribution is 7.12. The first-order valence-electron chi connectivity index (χ1n) is 5.44. The van der Waals surface area contributed by atoms with Crippen molar-refractivity contribution in [3.63, 3.8) is 0 Å². The van der Waals surface area contributed by atoms with Gasteiger partial charge in [0.25, 0.3) is 0 Å². The maximum atomic E-state index is 11.2. The molecule has 5 heteroatoms. The lowest BCUT2D eigenvalue weighted by molar-refractivity contribution is -0.131. The molecular weight excluding hydrogens is 238 g/mol. The molecule has 0 saturated carbocycles. The van der Waals surface area contributed by atoms with Crippen molar-refractivity contribution in [1.29, 1.82) is 0 Å². The van der Waals surface area contributed by atoms with Crippen LogP contribution in [0.2, 0.25) is 0 Å². The van der Waals surface area contributed by atoms with Gasteiger partial charge in [-0.2, -0.15) is 0 Å². The van der Waals surface area contributed by atoms with Gasteiger partial charge in [-0.25, -0.2) is 4.79 Å². The predicted octanol–water partition coefficient (Wildman–Crippen LogP) is 1.49. The van der Waals surface area contributed by atoms with Crippen LogP contribution in [0.1, 0.15) is 21.7 Å². The van der Waals surface area contributed by atoms with Crippen LogP contribution in [0, 0.1) is 0 Å². The fraction of sp³-hybridized carbons (Fsp3) is 0.333. The average molecular weight is 251 g/mol. The van der Waals surface area contributed by atoms with Gasteiger partial charge in [0.1, 0.15) is 0 Å². The molecule has 0 bridgehead atoms. The van der Waals surface area contributed by atoms with Gasteiger partial charge in [-0.1, -0.05) is 0 Å². The Morgan fingerprint density at radius 2 is 2.24 bits per heavy atom. The van der Waals surface area contributed by atoms with Crippen LogP contribution in [0.25, 0.3) is 0 Å². The molecule has 0 aliphatic heterocycles. The van der Waals surface area contributed by atoms with E-state index in [1.165, 1.54) is 16.9 Å². The number of aryl methyl sites for hydroxylation is 2. The number of rotatable bonds is 4. The van der Waals surface area contributed by atoms with E-state index in [1.807, 2.05) is 0 Å². The number of thiophene rings is 1. The Balaban J connectivity index is 1.85. The molecule has 1 amide bonds. The number of amides is 1. The lowest BCUT2D eigenvalue weighted by Crippen LogP contribution is -2.19. The number of carbonyl (C=O) groups excluding carboxylic acids is 1. The molecule has 0 fully saturated rings. The maximum absolute atomic E-state index is 11.2. The Morgan fingerprint density at radius 1 is 1.41 bits per heavy atom. The number of aliphatic carboxylic acids is 1. The standard InChI is InChI=1S/C12H13NO3S/c14-11(4-5-12(15)16)13-7-9-6-8-2-1-3-10(8)17-9/h4-6H,1-3,7H2,(H,13,14)(H,15,16). The average Bonchev–Trinajstić information content (AvgIpc) is 2.83. The van der Waals surface area contributed by atoms with E-state index in [-0.39, 0.29) is 5.91 Å². The molecule has 1 aliphatic rings. The van der Waals surface area contributed by atoms with E-state index in [1.54, 1.807) is 11.3 Å². The minimum Gasteiger partial charge on any atom is -0.478 e. The quantitative estimate of drug-likeness (QED) is 0.797. The van der Waals surface area contributed by atoms with Crippen LogP contribution in [-0.4, -0.2) is 17.0 Å². The summed E-state index contributed by atoms with van der Waals surface area (Å²) < 4.78 is 0. The summed E-state index contributed by atoms with van der Waals surface area (Å²) in [5.41, 5.74) is 1.40. The van der Waals surface area contributed by atoms with Crippen molar-refractivity contribution in [2.24, 2.45) is 0 Å². The van der Waals surface area contributed by atoms with Crippen molar-refractivity contribution < 1.29 is 14.7 Å². The molecule has 0 atom stereocenters. The summed E-state index contributed by atoms with van der Waals surface area (Å²) >= 11 is 1.73. The molecule has 1 aromatic heterocycles. The lowest BCUT2D eigenvalue weighted by Gasteiger charge is -1.98. The van der Waals surface area contributed by atoms with Crippen molar-refractivity contribution >= 4 is 23.2 Å². The van der Waals surface area contributed by atoms with Crippen LogP contribution >= 0.6 is 11.3 Å². The van der Waals surface area contributed by atoms with E-state index in [4.69, 9.17) is 5.11 Å². The van der Waals surface area contributed by atoms with Crippen LogP contribution in [0.4, 0.5) is 0 Å². The molecule has 1 heterocycles. The molecule has 0 spiro atoms. The monoisotopic (exact) mass is 251 g/mol. The van der Waals surface area contributed by atoms with Gasteiger partial charge in [-0.3, -0.25) is 4.79 Å². The molecule has 0 radical (unpaired) electrons. The molecule has 4 nitrogen and oxygen atoms in total. The zero-order valence-electron chi connectivity index (χ0n) is 9.23. The third-order valence-electron chi connectivity index (χ3n) is 2.61. The number of hydrogen-bond donors (Lipinski definition) is 2. The number of fused-ring (bicyclic) bond motifs is 1. The second kappa shape index (κ2) is 5.14. The summed E-state index contributed by atoms with van der Waals surface area (Å²) in [7, 11) is 0. The Labute approximate surface area is 103 Å². The summed E-state index contributed by atoms with van der Waals surface area (Å²) in [6.07, 6.45) is 5.38. The topological polar surface area (TPSA) is 66.4 Å². The van der Waals surface area contributed by atoms with Gasteiger partial charge >= 0.3 is 5.97 Å². The third-order valence-corrected chi connectivity index (χ3v) is 3.85. The second-order valence-corrected chi connectivity index (χ2v) is 5.13. The predicted molar refractivity (Wildman–Crippen MR) is 65.0 cm³/mol. The van der Waals surface area contributed by atoms with E-state index in [0.29, 0.717) is 6.54 Å². The highest BCUT2D eigenvalue weighted by Gasteiger charge is 2.14. The summed E-state index contributed by atoms with van der Waals surface area (Å²) in [5.74, 6) is -1.49. The Kier molecular flexibility index (Phi) is 3.58. The van der Waals surface area contributed by atoms with E-state index in [2.05, 4.69) is 11.4 Å². The van der Waals surface area contributed by atoms with E-state index in [0.717, 1.165) is 29.9 Å². The van der Waals surface area contributed by atoms with Crippen molar-refractivity contribution in [3.8, 4) is 0 Å². The Hall–Kier alpha value is -1.62. The first kappa shape index (κ1) is 11.9. The van der Waals surface area contributed by atoms with Crippen LogP contribution in [0.5, 0.6) is 0 Å². The van der Waals surface area contributed by atoms with E-state index < -0.39 is 5.97 Å². The fourth-order valence-corrected chi connectivity index (χ4v) is 3.06. The number of carbonyl (C=O) groups is 2. The van der Waals surface area contributed by atoms with Crippen molar-refractivity contribution in [3.05, 3.63) is 33.5 Å². The molecular formula is C12H13NO3S. The zero-order chi connectivity index (χ0) is 12.3. The number of carboxylic acid groups (broad SMARTS) is 1. The second-order valence-electron chi connectivity index (χ2n) is 3.90. The van der Waals surface area contributed by atoms with Crippen molar-refractivity contribution in [2.75, 3.05) is 0 Å². The molecule has 2 rings (SSSR count). The van der Waals surface area contributed by atoms with Gasteiger partial charge in [-0.05, 0) is 30.9 Å². The summed E-state index contributed by atoms with van der Waals surface area (Å²) in [5, 5.41) is 11.0. The minimum atomic E-state index is -1.12. The molecule has 17 heavy (non-hydrogen) atoms. The van der Waals surface area contributed by atoms with Gasteiger partial charge in [0.15, 0.2) is 0 Å². The Bertz CT molecular complexity index is 455. The van der Waals surface area contributed by atoms with Crippen LogP contribution in [0.3, 0.4) is 0 Å². The first-order valence-corrected chi connectivity index (χ1v) is 6.26. The third kappa shape index (κ3) is 3.17. The highest BCUT2D eigenvalue weighted by Crippen LogP contribution is 2.30. The summed E-state index contributed by atoms with van der Waals surface area (Å²) in [6.45, 7) is 0.473. The van der Waals surface area contributed by atoms with Crippen LogP contribution < -0.4 is 5.32 Å². The molecule has 1 aromatic rings. The molecule has 0 saturated heterocycles. The Morgan fingerprint density at radius 3 is 2.94 bits per heavy atom. The smallest absolute Gasteiger partial charge is 0.328 e. The summed E-state index contributed by atoms with van der Waals surface area (Å²) in [4.78, 5) is 24.0. The minimum absolute atomic E-state index is 0.374. The normalized spacial score (nSPS) is 13.9. The van der Waals surface area contributed by atoms with Gasteiger partial charge in [-0.15, -0.1) is 11.3 Å². The van der Waals surface area contributed by atoms with E-state index >= 15 is 0 Å². The van der Waals surface area contributed by atoms with Crippen molar-refractivity contribution in [1.82, 2.24) is 5.32 Å². The number of nitrogens with one attached hydrogen (secondary N) is 1. The van der Waals surface area contributed by atoms with E-state index in [9.17, 15) is 9.59 Å². The van der Waals surface area contributed by atoms with Gasteiger partial charge in [0, 0.05) is 21.9 Å². The maximum Gasteiger partial charge on any atom is 0.328 e. The van der Waals surface area contributed by atoms with Crippen LogP contribution in [0.15, 0.2) is 18.2 Å². The SMILES string of the molecule is O=C(O)C=CC(=O)NCc1cc2c(s1)CCC2. The summed E-state index contributed by atoms with van der Waals surface area (Å²) in [6, 6.07) is 2.13. The molecule has 1 aliphatic carbocycles. The van der Waals surface area contributed by atoms with Gasteiger partial charge in [0.2, 0.25) is 5.91 Å². The highest BCUT2D eigenvalue weighted by atomic mass is 32.1. The number of hydrogen-bond acceptors (Lipinski definition) is 3. The van der Waals surface area contributed by atoms with Crippen molar-refractivity contribution in [2.45, 2.75) is 25.8 Å². The molecule has 0 aromatic carbocycles. The number of carboxylic acids is 1. The molecule has 90 valence electrons. The fourth-order valence-electron chi connectivity index (χ4n) is 1.86. The zero-order valence-corrected chi connectivity index (χ0v) is 10.0. The lowest BCUT2D eigenvalue weighted by atomic mass is 10.2. The van der Waals surface area contributed by atoms with Gasteiger partial charge < -0.3 is 10.4 Å². The van der Waals surface area contributed by atoms with Gasteiger partial charge in [0.05, 0.1) is 6.54 Å².